The van der Waals surface area contributed by atoms with Crippen LogP contribution in [0.25, 0.3) is 11.1 Å². The summed E-state index contributed by atoms with van der Waals surface area (Å²) >= 11 is 0. The molecule has 15 heteroatoms. The molecule has 4 rings (SSSR count). The molecule has 0 saturated carbocycles. The van der Waals surface area contributed by atoms with Gasteiger partial charge in [-0.25, -0.2) is 4.98 Å². The van der Waals surface area contributed by atoms with E-state index in [1.807, 2.05) is 0 Å². The maximum atomic E-state index is 14.0. The topological polar surface area (TPSA) is 108 Å². The average Bonchev–Trinajstić information content (AvgIpc) is 3.39. The number of likely N-dealkylation sites (N-methyl/N-ethyl adjacent to an activating group) is 1. The van der Waals surface area contributed by atoms with E-state index < -0.39 is 52.5 Å². The fraction of sp³-hybridized carbons (Fsp3) is 0.433. The maximum absolute atomic E-state index is 14.0. The number of aliphatic hydroxyl groups excluding tert-OH is 2. The lowest BCUT2D eigenvalue weighted by Gasteiger charge is -2.32. The van der Waals surface area contributed by atoms with Gasteiger partial charge in [0, 0.05) is 30.8 Å². The number of methoxy groups -OCH3 is 2. The average molecular weight is 643 g/mol. The van der Waals surface area contributed by atoms with Gasteiger partial charge in [0.15, 0.2) is 0 Å². The van der Waals surface area contributed by atoms with Crippen LogP contribution in [-0.4, -0.2) is 72.7 Å². The third-order valence-electron chi connectivity index (χ3n) is 7.80. The van der Waals surface area contributed by atoms with Crippen molar-refractivity contribution in [3.63, 3.8) is 0 Å². The zero-order chi connectivity index (χ0) is 33.5. The number of pyridine rings is 2. The molecule has 1 amide bonds. The lowest BCUT2D eigenvalue weighted by Crippen LogP contribution is -2.42. The van der Waals surface area contributed by atoms with Gasteiger partial charge in [0.1, 0.15) is 5.82 Å². The standard InChI is InChI=1S/C30H32F6N4O5/c1-28(2,16-8-17(29(31,32)33)10-18(9-16)30(34,35)36)27(43)39(3)23-13-37-24(40-14-20(42)11-19(40)15-41)12-22(23)21-6-7-25(44-4)38-26(21)45-5/h6-10,12-13,19-20,41-42H,11,14-15H2,1-5H3. The number of hydrogen-bond acceptors (Lipinski definition) is 8. The van der Waals surface area contributed by atoms with Crippen LogP contribution in [0.2, 0.25) is 0 Å². The minimum absolute atomic E-state index is 0.00636. The number of anilines is 2. The van der Waals surface area contributed by atoms with Gasteiger partial charge in [0.2, 0.25) is 17.7 Å². The minimum Gasteiger partial charge on any atom is -0.481 e. The van der Waals surface area contributed by atoms with E-state index in [4.69, 9.17) is 9.47 Å². The molecule has 2 N–H and O–H groups in total. The molecule has 0 spiro atoms. The van der Waals surface area contributed by atoms with Gasteiger partial charge in [-0.2, -0.15) is 31.3 Å². The van der Waals surface area contributed by atoms with Crippen LogP contribution < -0.4 is 19.3 Å². The number of ether oxygens (including phenoxy) is 2. The first kappa shape index (κ1) is 33.8. The zero-order valence-corrected chi connectivity index (χ0v) is 25.0. The minimum atomic E-state index is -5.10. The lowest BCUT2D eigenvalue weighted by molar-refractivity contribution is -0.143. The Bertz CT molecular complexity index is 1530. The van der Waals surface area contributed by atoms with E-state index >= 15 is 0 Å². The maximum Gasteiger partial charge on any atom is 0.416 e. The monoisotopic (exact) mass is 642 g/mol. The molecule has 1 aromatic carbocycles. The molecule has 9 nitrogen and oxygen atoms in total. The Kier molecular flexibility index (Phi) is 9.27. The van der Waals surface area contributed by atoms with Gasteiger partial charge >= 0.3 is 12.4 Å². The van der Waals surface area contributed by atoms with Crippen LogP contribution in [0.4, 0.5) is 37.8 Å². The number of β-amino-alcohol motifs (C(OH)–C–C–N with tert-alkyl or cyclic N) is 1. The van der Waals surface area contributed by atoms with Crippen molar-refractivity contribution in [3.8, 4) is 22.9 Å². The largest absolute Gasteiger partial charge is 0.481 e. The summed E-state index contributed by atoms with van der Waals surface area (Å²) in [6, 6.07) is 5.33. The molecule has 1 aliphatic heterocycles. The van der Waals surface area contributed by atoms with Crippen LogP contribution in [0.3, 0.4) is 0 Å². The third kappa shape index (κ3) is 6.78. The Morgan fingerprint density at radius 3 is 2.11 bits per heavy atom. The van der Waals surface area contributed by atoms with Gasteiger partial charge in [0.25, 0.3) is 0 Å². The molecule has 2 atom stereocenters. The van der Waals surface area contributed by atoms with E-state index in [2.05, 4.69) is 9.97 Å². The van der Waals surface area contributed by atoms with E-state index in [9.17, 15) is 41.4 Å². The summed E-state index contributed by atoms with van der Waals surface area (Å²) in [7, 11) is 4.08. The Labute approximate surface area is 255 Å². The number of alkyl halides is 6. The number of aromatic nitrogens is 2. The summed E-state index contributed by atoms with van der Waals surface area (Å²) in [6.07, 6.45) is -9.33. The van der Waals surface area contributed by atoms with Crippen molar-refractivity contribution in [1.29, 1.82) is 0 Å². The van der Waals surface area contributed by atoms with Gasteiger partial charge in [-0.05, 0) is 56.2 Å². The molecule has 45 heavy (non-hydrogen) atoms. The summed E-state index contributed by atoms with van der Waals surface area (Å²) in [6.45, 7) is 2.35. The van der Waals surface area contributed by atoms with Crippen molar-refractivity contribution in [2.45, 2.75) is 50.2 Å². The van der Waals surface area contributed by atoms with E-state index in [-0.39, 0.29) is 43.1 Å². The molecule has 3 aromatic rings. The molecule has 1 aliphatic rings. The number of halogens is 6. The number of amides is 1. The van der Waals surface area contributed by atoms with Crippen LogP contribution in [0.5, 0.6) is 11.8 Å². The second-order valence-corrected chi connectivity index (χ2v) is 11.1. The molecular formula is C30H32F6N4O5. The normalized spacial score (nSPS) is 17.4. The second-order valence-electron chi connectivity index (χ2n) is 11.1. The zero-order valence-electron chi connectivity index (χ0n) is 25.0. The molecule has 0 radical (unpaired) electrons. The van der Waals surface area contributed by atoms with Gasteiger partial charge in [0.05, 0.1) is 61.4 Å². The van der Waals surface area contributed by atoms with E-state index in [0.29, 0.717) is 29.1 Å². The fourth-order valence-electron chi connectivity index (χ4n) is 5.29. The number of rotatable bonds is 8. The fourth-order valence-corrected chi connectivity index (χ4v) is 5.29. The summed E-state index contributed by atoms with van der Waals surface area (Å²) in [5.41, 5.74) is -4.65. The van der Waals surface area contributed by atoms with Crippen molar-refractivity contribution in [1.82, 2.24) is 9.97 Å². The molecule has 3 heterocycles. The van der Waals surface area contributed by atoms with Gasteiger partial charge < -0.3 is 29.5 Å². The molecule has 0 aliphatic carbocycles. The lowest BCUT2D eigenvalue weighted by atomic mass is 9.81. The highest BCUT2D eigenvalue weighted by Gasteiger charge is 2.41. The van der Waals surface area contributed by atoms with Crippen LogP contribution in [0.15, 0.2) is 42.6 Å². The highest BCUT2D eigenvalue weighted by Crippen LogP contribution is 2.42. The van der Waals surface area contributed by atoms with Gasteiger partial charge in [-0.1, -0.05) is 0 Å². The van der Waals surface area contributed by atoms with E-state index in [0.717, 1.165) is 4.90 Å². The Morgan fingerprint density at radius 2 is 1.58 bits per heavy atom. The second kappa shape index (κ2) is 12.4. The van der Waals surface area contributed by atoms with Crippen molar-refractivity contribution in [3.05, 3.63) is 59.3 Å². The van der Waals surface area contributed by atoms with Crippen molar-refractivity contribution in [2.24, 2.45) is 0 Å². The van der Waals surface area contributed by atoms with Crippen LogP contribution in [0, 0.1) is 0 Å². The van der Waals surface area contributed by atoms with Crippen LogP contribution in [0.1, 0.15) is 37.0 Å². The van der Waals surface area contributed by atoms with Gasteiger partial charge in [-0.3, -0.25) is 4.79 Å². The molecule has 244 valence electrons. The van der Waals surface area contributed by atoms with Gasteiger partial charge in [-0.15, -0.1) is 0 Å². The summed E-state index contributed by atoms with van der Waals surface area (Å²) in [5.74, 6) is -0.211. The van der Waals surface area contributed by atoms with Crippen LogP contribution >= 0.6 is 0 Å². The van der Waals surface area contributed by atoms with E-state index in [1.54, 1.807) is 17.0 Å². The van der Waals surface area contributed by atoms with Crippen LogP contribution in [-0.2, 0) is 22.6 Å². The molecule has 0 bridgehead atoms. The smallest absolute Gasteiger partial charge is 0.416 e. The number of aliphatic hydroxyl groups is 2. The van der Waals surface area contributed by atoms with Crippen molar-refractivity contribution >= 4 is 17.4 Å². The quantitative estimate of drug-likeness (QED) is 0.328. The first-order valence-electron chi connectivity index (χ1n) is 13.7. The Hall–Kier alpha value is -4.11. The first-order valence-corrected chi connectivity index (χ1v) is 13.7. The number of nitrogens with zero attached hydrogens (tertiary/aromatic N) is 4. The predicted molar refractivity (Wildman–Crippen MR) is 152 cm³/mol. The van der Waals surface area contributed by atoms with Crippen molar-refractivity contribution in [2.75, 3.05) is 44.2 Å². The summed E-state index contributed by atoms with van der Waals surface area (Å²) < 4.78 is 92.4. The van der Waals surface area contributed by atoms with E-state index in [1.165, 1.54) is 47.4 Å². The first-order chi connectivity index (χ1) is 20.9. The Balaban J connectivity index is 1.87. The Morgan fingerprint density at radius 1 is 0.978 bits per heavy atom. The summed E-state index contributed by atoms with van der Waals surface area (Å²) in [4.78, 5) is 25.5. The molecule has 2 unspecified atom stereocenters. The number of carbonyl (C=O) groups excluding carboxylic acids is 1. The highest BCUT2D eigenvalue weighted by atomic mass is 19.4. The highest BCUT2D eigenvalue weighted by molar-refractivity contribution is 6.03. The predicted octanol–water partition coefficient (Wildman–Crippen LogP) is 5.07. The van der Waals surface area contributed by atoms with Crippen molar-refractivity contribution < 1.29 is 50.8 Å². The SMILES string of the molecule is COc1ccc(-c2cc(N3CC(O)CC3CO)ncc2N(C)C(=O)C(C)(C)c2cc(C(F)(F)F)cc(C(F)(F)F)c2)c(OC)n1. The number of hydrogen-bond donors (Lipinski definition) is 2. The third-order valence-corrected chi connectivity index (χ3v) is 7.80. The molecule has 1 saturated heterocycles. The number of carbonyl (C=O) groups is 1. The molecular weight excluding hydrogens is 610 g/mol. The number of benzene rings is 1. The molecule has 2 aromatic heterocycles. The summed E-state index contributed by atoms with van der Waals surface area (Å²) in [5, 5.41) is 20.1. The molecule has 1 fully saturated rings.